The second-order valence-corrected chi connectivity index (χ2v) is 5.30. The van der Waals surface area contributed by atoms with Gasteiger partial charge in [0.15, 0.2) is 5.82 Å². The Labute approximate surface area is 130 Å². The summed E-state index contributed by atoms with van der Waals surface area (Å²) in [7, 11) is 0. The highest BCUT2D eigenvalue weighted by Gasteiger charge is 2.14. The van der Waals surface area contributed by atoms with Crippen LogP contribution in [-0.2, 0) is 0 Å². The quantitative estimate of drug-likeness (QED) is 0.788. The normalized spacial score (nSPS) is 15.7. The van der Waals surface area contributed by atoms with Crippen molar-refractivity contribution in [2.24, 2.45) is 10.7 Å². The highest BCUT2D eigenvalue weighted by atomic mass is 16.5. The Morgan fingerprint density at radius 3 is 2.86 bits per heavy atom. The van der Waals surface area contributed by atoms with Crippen LogP contribution in [0, 0.1) is 6.92 Å². The molecule has 1 aromatic rings. The summed E-state index contributed by atoms with van der Waals surface area (Å²) in [6.07, 6.45) is 7.83. The van der Waals surface area contributed by atoms with Crippen LogP contribution in [0.5, 0.6) is 0 Å². The van der Waals surface area contributed by atoms with E-state index in [1.807, 2.05) is 0 Å². The summed E-state index contributed by atoms with van der Waals surface area (Å²) in [5.41, 5.74) is 10.3. The van der Waals surface area contributed by atoms with Gasteiger partial charge in [-0.25, -0.2) is 4.99 Å². The molecule has 1 aromatic heterocycles. The molecule has 0 spiro atoms. The van der Waals surface area contributed by atoms with Gasteiger partial charge in [-0.3, -0.25) is 0 Å². The van der Waals surface area contributed by atoms with E-state index in [1.54, 1.807) is 19.2 Å². The molecule has 1 aliphatic rings. The first-order valence-corrected chi connectivity index (χ1v) is 7.71. The lowest BCUT2D eigenvalue weighted by Crippen LogP contribution is -2.37. The summed E-state index contributed by atoms with van der Waals surface area (Å²) >= 11 is 0. The molecule has 6 nitrogen and oxygen atoms in total. The van der Waals surface area contributed by atoms with Gasteiger partial charge >= 0.3 is 0 Å². The Balaban J connectivity index is 2.11. The molecule has 1 unspecified atom stereocenters. The van der Waals surface area contributed by atoms with Crippen molar-refractivity contribution >= 4 is 11.4 Å². The predicted octanol–water partition coefficient (Wildman–Crippen LogP) is 2.69. The Hall–Kier alpha value is -2.33. The third-order valence-electron chi connectivity index (χ3n) is 3.48. The zero-order valence-electron chi connectivity index (χ0n) is 13.4. The molecular weight excluding hydrogens is 278 g/mol. The summed E-state index contributed by atoms with van der Waals surface area (Å²) in [5.74, 6) is 1.64. The molecule has 118 valence electrons. The molecule has 1 aliphatic heterocycles. The van der Waals surface area contributed by atoms with Crippen molar-refractivity contribution < 1.29 is 4.52 Å². The molecule has 0 saturated carbocycles. The molecule has 2 heterocycles. The fourth-order valence-corrected chi connectivity index (χ4v) is 2.18. The van der Waals surface area contributed by atoms with Gasteiger partial charge < -0.3 is 15.6 Å². The van der Waals surface area contributed by atoms with E-state index in [1.165, 1.54) is 12.8 Å². The summed E-state index contributed by atoms with van der Waals surface area (Å²) in [6.45, 7) is 6.12. The average molecular weight is 301 g/mol. The van der Waals surface area contributed by atoms with Crippen molar-refractivity contribution in [1.29, 1.82) is 0 Å². The van der Waals surface area contributed by atoms with E-state index in [2.05, 4.69) is 40.0 Å². The molecule has 0 aromatic carbocycles. The van der Waals surface area contributed by atoms with Crippen LogP contribution < -0.4 is 11.1 Å². The van der Waals surface area contributed by atoms with Gasteiger partial charge in [0.05, 0.1) is 17.5 Å². The molecule has 0 bridgehead atoms. The third kappa shape index (κ3) is 4.09. The number of nitrogens with two attached hydrogens (primary N) is 1. The lowest BCUT2D eigenvalue weighted by molar-refractivity contribution is 0.403. The van der Waals surface area contributed by atoms with Crippen LogP contribution in [0.4, 0.5) is 0 Å². The molecule has 0 radical (unpaired) electrons. The molecular formula is C16H23N5O. The number of nitrogens with zero attached hydrogens (tertiary/aromatic N) is 3. The number of hydrogen-bond acceptors (Lipinski definition) is 6. The number of unbranched alkanes of at least 4 members (excludes halogenated alkanes) is 1. The molecule has 0 amide bonds. The zero-order valence-corrected chi connectivity index (χ0v) is 13.4. The van der Waals surface area contributed by atoms with Crippen LogP contribution in [0.1, 0.15) is 51.2 Å². The maximum Gasteiger partial charge on any atom is 0.265 e. The molecule has 0 aliphatic carbocycles. The van der Waals surface area contributed by atoms with Crippen molar-refractivity contribution in [3.8, 4) is 0 Å². The van der Waals surface area contributed by atoms with Crippen molar-refractivity contribution in [2.75, 3.05) is 0 Å². The third-order valence-corrected chi connectivity index (χ3v) is 3.48. The van der Waals surface area contributed by atoms with Gasteiger partial charge in [0.25, 0.3) is 5.89 Å². The zero-order chi connectivity index (χ0) is 15.9. The number of aromatic nitrogens is 2. The number of aliphatic imine (C=N–C) groups is 1. The number of hydrogen-bond donors (Lipinski definition) is 2. The van der Waals surface area contributed by atoms with Crippen LogP contribution in [0.25, 0.3) is 5.57 Å². The lowest BCUT2D eigenvalue weighted by Gasteiger charge is -2.19. The minimum absolute atomic E-state index is 0.367. The molecule has 22 heavy (non-hydrogen) atoms. The van der Waals surface area contributed by atoms with E-state index < -0.39 is 0 Å². The SMILES string of the molecule is CCCCC(CC)NC1=NC=C=C(c2nc(C)no2)C=C1N. The largest absolute Gasteiger partial charge is 0.396 e. The van der Waals surface area contributed by atoms with Crippen molar-refractivity contribution in [3.63, 3.8) is 0 Å². The number of rotatable bonds is 6. The molecule has 1 atom stereocenters. The second-order valence-electron chi connectivity index (χ2n) is 5.30. The summed E-state index contributed by atoms with van der Waals surface area (Å²) in [5, 5.41) is 7.19. The maximum absolute atomic E-state index is 6.14. The fraction of sp³-hybridized carbons (Fsp3) is 0.500. The highest BCUT2D eigenvalue weighted by Crippen LogP contribution is 2.16. The first kappa shape index (κ1) is 16.0. The topological polar surface area (TPSA) is 89.3 Å². The van der Waals surface area contributed by atoms with Crippen LogP contribution in [0.3, 0.4) is 0 Å². The highest BCUT2D eigenvalue weighted by molar-refractivity contribution is 6.00. The van der Waals surface area contributed by atoms with Crippen molar-refractivity contribution in [2.45, 2.75) is 52.5 Å². The van der Waals surface area contributed by atoms with E-state index in [0.717, 1.165) is 12.8 Å². The van der Waals surface area contributed by atoms with Gasteiger partial charge in [0.2, 0.25) is 0 Å². The Morgan fingerprint density at radius 2 is 2.23 bits per heavy atom. The van der Waals surface area contributed by atoms with Crippen molar-refractivity contribution in [3.05, 3.63) is 35.4 Å². The van der Waals surface area contributed by atoms with Gasteiger partial charge in [-0.1, -0.05) is 37.6 Å². The van der Waals surface area contributed by atoms with E-state index in [-0.39, 0.29) is 0 Å². The van der Waals surface area contributed by atoms with Gasteiger partial charge in [-0.15, -0.1) is 0 Å². The smallest absolute Gasteiger partial charge is 0.265 e. The standard InChI is InChI=1S/C16H23N5O/c1-4-6-7-13(5-2)20-15-14(17)10-12(8-9-18-15)16-19-11(3)21-22-16/h9-10,13H,4-7,17H2,1-3H3,(H,18,20). The maximum atomic E-state index is 6.14. The van der Waals surface area contributed by atoms with Gasteiger partial charge in [0.1, 0.15) is 5.84 Å². The van der Waals surface area contributed by atoms with Crippen LogP contribution in [0.2, 0.25) is 0 Å². The molecule has 0 fully saturated rings. The van der Waals surface area contributed by atoms with Gasteiger partial charge in [-0.2, -0.15) is 4.98 Å². The summed E-state index contributed by atoms with van der Waals surface area (Å²) < 4.78 is 5.15. The molecule has 2 rings (SSSR count). The summed E-state index contributed by atoms with van der Waals surface area (Å²) in [4.78, 5) is 8.53. The predicted molar refractivity (Wildman–Crippen MR) is 87.0 cm³/mol. The van der Waals surface area contributed by atoms with Gasteiger partial charge in [-0.05, 0) is 25.8 Å². The van der Waals surface area contributed by atoms with E-state index in [0.29, 0.717) is 34.9 Å². The van der Waals surface area contributed by atoms with Crippen LogP contribution in [-0.4, -0.2) is 22.0 Å². The lowest BCUT2D eigenvalue weighted by atomic mass is 10.1. The Morgan fingerprint density at radius 1 is 1.41 bits per heavy atom. The Bertz CT molecular complexity index is 635. The first-order chi connectivity index (χ1) is 10.6. The minimum atomic E-state index is 0.367. The van der Waals surface area contributed by atoms with Crippen molar-refractivity contribution in [1.82, 2.24) is 15.5 Å². The van der Waals surface area contributed by atoms with E-state index in [9.17, 15) is 0 Å². The average Bonchev–Trinajstić information content (AvgIpc) is 2.86. The van der Waals surface area contributed by atoms with Crippen LogP contribution in [0.15, 0.2) is 33.2 Å². The molecule has 0 saturated heterocycles. The molecule has 3 N–H and O–H groups in total. The van der Waals surface area contributed by atoms with E-state index >= 15 is 0 Å². The van der Waals surface area contributed by atoms with Gasteiger partial charge in [0, 0.05) is 6.04 Å². The second kappa shape index (κ2) is 7.61. The Kier molecular flexibility index (Phi) is 5.55. The number of aryl methyl sites for hydroxylation is 1. The summed E-state index contributed by atoms with van der Waals surface area (Å²) in [6, 6.07) is 0.367. The number of allylic oxidation sites excluding steroid dienone is 2. The minimum Gasteiger partial charge on any atom is -0.396 e. The number of amidine groups is 1. The number of nitrogens with one attached hydrogen (secondary N) is 1. The van der Waals surface area contributed by atoms with Crippen LogP contribution >= 0.6 is 0 Å². The first-order valence-electron chi connectivity index (χ1n) is 7.71. The molecule has 6 heteroatoms. The van der Waals surface area contributed by atoms with E-state index in [4.69, 9.17) is 10.3 Å². The monoisotopic (exact) mass is 301 g/mol. The fourth-order valence-electron chi connectivity index (χ4n) is 2.18.